The lowest BCUT2D eigenvalue weighted by Gasteiger charge is -2.16. The molecule has 3 aromatic rings. The second-order valence-corrected chi connectivity index (χ2v) is 7.32. The minimum atomic E-state index is 0.311. The van der Waals surface area contributed by atoms with Gasteiger partial charge in [0.15, 0.2) is 0 Å². The van der Waals surface area contributed by atoms with Crippen molar-refractivity contribution in [2.45, 2.75) is 41.5 Å². The fourth-order valence-corrected chi connectivity index (χ4v) is 4.17. The van der Waals surface area contributed by atoms with Gasteiger partial charge in [-0.25, -0.2) is 0 Å². The molecule has 25 heavy (non-hydrogen) atoms. The summed E-state index contributed by atoms with van der Waals surface area (Å²) < 4.78 is 0. The third-order valence-corrected chi connectivity index (χ3v) is 4.85. The summed E-state index contributed by atoms with van der Waals surface area (Å²) in [6.07, 6.45) is 0. The number of aromatic hydroxyl groups is 1. The lowest BCUT2D eigenvalue weighted by molar-refractivity contribution is 0.476. The molecular formula is C24H26O. The SMILES string of the molecule is Cc1cc(C)c(-c2cc(O)cc(-c3c(C)cc(C)cc3C)c2)c(C)c1. The van der Waals surface area contributed by atoms with Gasteiger partial charge in [-0.15, -0.1) is 0 Å². The molecule has 0 unspecified atom stereocenters. The molecule has 0 amide bonds. The Morgan fingerprint density at radius 3 is 1.12 bits per heavy atom. The van der Waals surface area contributed by atoms with Crippen molar-refractivity contribution in [1.29, 1.82) is 0 Å². The molecule has 0 atom stereocenters. The molecule has 3 rings (SSSR count). The van der Waals surface area contributed by atoms with Crippen molar-refractivity contribution in [3.8, 4) is 28.0 Å². The van der Waals surface area contributed by atoms with Crippen LogP contribution in [-0.2, 0) is 0 Å². The minimum Gasteiger partial charge on any atom is -0.508 e. The molecule has 1 N–H and O–H groups in total. The molecule has 0 aliphatic heterocycles. The van der Waals surface area contributed by atoms with E-state index in [4.69, 9.17) is 0 Å². The van der Waals surface area contributed by atoms with Crippen LogP contribution in [0, 0.1) is 41.5 Å². The molecule has 0 aromatic heterocycles. The maximum Gasteiger partial charge on any atom is 0.116 e. The van der Waals surface area contributed by atoms with E-state index >= 15 is 0 Å². The minimum absolute atomic E-state index is 0.311. The highest BCUT2D eigenvalue weighted by atomic mass is 16.3. The molecule has 0 aliphatic rings. The van der Waals surface area contributed by atoms with Crippen LogP contribution in [0.1, 0.15) is 33.4 Å². The normalized spacial score (nSPS) is 11.0. The molecule has 0 radical (unpaired) electrons. The second-order valence-electron chi connectivity index (χ2n) is 7.32. The summed E-state index contributed by atoms with van der Waals surface area (Å²) >= 11 is 0. The fraction of sp³-hybridized carbons (Fsp3) is 0.250. The van der Waals surface area contributed by atoms with Gasteiger partial charge in [-0.3, -0.25) is 0 Å². The van der Waals surface area contributed by atoms with Gasteiger partial charge in [0.2, 0.25) is 0 Å². The van der Waals surface area contributed by atoms with E-state index in [1.165, 1.54) is 44.5 Å². The van der Waals surface area contributed by atoms with Crippen molar-refractivity contribution in [3.63, 3.8) is 0 Å². The lowest BCUT2D eigenvalue weighted by Crippen LogP contribution is -1.93. The Morgan fingerprint density at radius 1 is 0.480 bits per heavy atom. The zero-order valence-corrected chi connectivity index (χ0v) is 16.0. The number of hydrogen-bond donors (Lipinski definition) is 1. The summed E-state index contributed by atoms with van der Waals surface area (Å²) in [5, 5.41) is 10.4. The molecule has 0 aliphatic carbocycles. The van der Waals surface area contributed by atoms with E-state index in [2.05, 4.69) is 71.9 Å². The van der Waals surface area contributed by atoms with Crippen LogP contribution in [0.5, 0.6) is 5.75 Å². The smallest absolute Gasteiger partial charge is 0.116 e. The summed E-state index contributed by atoms with van der Waals surface area (Å²) in [5.74, 6) is 0.311. The molecule has 0 fully saturated rings. The first kappa shape index (κ1) is 17.3. The van der Waals surface area contributed by atoms with Crippen LogP contribution in [0.4, 0.5) is 0 Å². The molecule has 0 spiro atoms. The van der Waals surface area contributed by atoms with E-state index < -0.39 is 0 Å². The standard InChI is InChI=1S/C24H26O/c1-14-7-16(3)23(17(4)8-14)20-11-21(13-22(25)12-20)24-18(5)9-15(2)10-19(24)6/h7-13,25H,1-6H3. The number of phenols is 1. The van der Waals surface area contributed by atoms with Crippen LogP contribution in [0.15, 0.2) is 42.5 Å². The van der Waals surface area contributed by atoms with Crippen LogP contribution in [0.3, 0.4) is 0 Å². The molecule has 3 aromatic carbocycles. The zero-order valence-electron chi connectivity index (χ0n) is 16.0. The van der Waals surface area contributed by atoms with Gasteiger partial charge in [-0.05, 0) is 104 Å². The number of hydrogen-bond acceptors (Lipinski definition) is 1. The van der Waals surface area contributed by atoms with Crippen molar-refractivity contribution in [2.24, 2.45) is 0 Å². The van der Waals surface area contributed by atoms with Gasteiger partial charge < -0.3 is 5.11 Å². The molecule has 0 saturated heterocycles. The van der Waals surface area contributed by atoms with E-state index in [9.17, 15) is 5.11 Å². The van der Waals surface area contributed by atoms with Gasteiger partial charge in [0.1, 0.15) is 5.75 Å². The Bertz CT molecular complexity index is 842. The van der Waals surface area contributed by atoms with Gasteiger partial charge >= 0.3 is 0 Å². The van der Waals surface area contributed by atoms with E-state index in [1.807, 2.05) is 12.1 Å². The Balaban J connectivity index is 2.25. The first-order valence-electron chi connectivity index (χ1n) is 8.77. The predicted molar refractivity (Wildman–Crippen MR) is 107 cm³/mol. The molecule has 0 bridgehead atoms. The lowest BCUT2D eigenvalue weighted by atomic mass is 9.89. The number of rotatable bonds is 2. The van der Waals surface area contributed by atoms with Gasteiger partial charge in [-0.2, -0.15) is 0 Å². The number of aryl methyl sites for hydroxylation is 6. The Labute approximate surface area is 151 Å². The van der Waals surface area contributed by atoms with Crippen molar-refractivity contribution in [3.05, 3.63) is 75.8 Å². The van der Waals surface area contributed by atoms with E-state index in [0.29, 0.717) is 5.75 Å². The number of phenolic OH excluding ortho intramolecular Hbond substituents is 1. The van der Waals surface area contributed by atoms with E-state index in [1.54, 1.807) is 0 Å². The maximum absolute atomic E-state index is 10.4. The second kappa shape index (κ2) is 6.40. The summed E-state index contributed by atoms with van der Waals surface area (Å²) in [6.45, 7) is 12.8. The molecule has 0 saturated carbocycles. The molecular weight excluding hydrogens is 304 g/mol. The van der Waals surface area contributed by atoms with E-state index in [-0.39, 0.29) is 0 Å². The Kier molecular flexibility index (Phi) is 4.43. The Morgan fingerprint density at radius 2 is 0.800 bits per heavy atom. The zero-order chi connectivity index (χ0) is 18.3. The van der Waals surface area contributed by atoms with Gasteiger partial charge in [0, 0.05) is 0 Å². The molecule has 1 nitrogen and oxygen atoms in total. The average Bonchev–Trinajstić information content (AvgIpc) is 2.44. The van der Waals surface area contributed by atoms with Crippen LogP contribution < -0.4 is 0 Å². The largest absolute Gasteiger partial charge is 0.508 e. The summed E-state index contributed by atoms with van der Waals surface area (Å²) in [6, 6.07) is 14.8. The first-order valence-corrected chi connectivity index (χ1v) is 8.77. The van der Waals surface area contributed by atoms with Crippen molar-refractivity contribution in [1.82, 2.24) is 0 Å². The highest BCUT2D eigenvalue weighted by Gasteiger charge is 2.13. The quantitative estimate of drug-likeness (QED) is 0.563. The van der Waals surface area contributed by atoms with Crippen LogP contribution in [-0.4, -0.2) is 5.11 Å². The maximum atomic E-state index is 10.4. The topological polar surface area (TPSA) is 20.2 Å². The highest BCUT2D eigenvalue weighted by Crippen LogP contribution is 2.37. The van der Waals surface area contributed by atoms with Gasteiger partial charge in [-0.1, -0.05) is 35.4 Å². The monoisotopic (exact) mass is 330 g/mol. The van der Waals surface area contributed by atoms with Crippen LogP contribution >= 0.6 is 0 Å². The number of benzene rings is 3. The molecule has 0 heterocycles. The highest BCUT2D eigenvalue weighted by molar-refractivity contribution is 5.81. The van der Waals surface area contributed by atoms with Gasteiger partial charge in [0.05, 0.1) is 0 Å². The third-order valence-electron chi connectivity index (χ3n) is 4.85. The predicted octanol–water partition coefficient (Wildman–Crippen LogP) is 6.58. The summed E-state index contributed by atoms with van der Waals surface area (Å²) in [5.41, 5.74) is 12.1. The fourth-order valence-electron chi connectivity index (χ4n) is 4.17. The van der Waals surface area contributed by atoms with Gasteiger partial charge in [0.25, 0.3) is 0 Å². The molecule has 1 heteroatoms. The van der Waals surface area contributed by atoms with Crippen molar-refractivity contribution < 1.29 is 5.11 Å². The first-order chi connectivity index (χ1) is 11.8. The Hall–Kier alpha value is -2.54. The summed E-state index contributed by atoms with van der Waals surface area (Å²) in [4.78, 5) is 0. The van der Waals surface area contributed by atoms with Crippen LogP contribution in [0.25, 0.3) is 22.3 Å². The average molecular weight is 330 g/mol. The molecule has 128 valence electrons. The third kappa shape index (κ3) is 3.32. The van der Waals surface area contributed by atoms with Crippen molar-refractivity contribution >= 4 is 0 Å². The summed E-state index contributed by atoms with van der Waals surface area (Å²) in [7, 11) is 0. The van der Waals surface area contributed by atoms with Crippen LogP contribution in [0.2, 0.25) is 0 Å². The van der Waals surface area contributed by atoms with Crippen molar-refractivity contribution in [2.75, 3.05) is 0 Å². The van der Waals surface area contributed by atoms with E-state index in [0.717, 1.165) is 11.1 Å².